The van der Waals surface area contributed by atoms with Crippen LogP contribution in [0.25, 0.3) is 28.3 Å². The van der Waals surface area contributed by atoms with Crippen molar-refractivity contribution in [3.05, 3.63) is 196 Å². The molecule has 0 aliphatic heterocycles. The number of allylic oxidation sites excluding steroid dienone is 1. The first kappa shape index (κ1) is 28.5. The standard InChI is InChI=1S/C46H40/c1-4-32-21-24-40-41-25-22-33(5-2)29-43(41)45(42(40)28-32)46(37-17-11-7-12-18-37,38-19-13-8-14-20-38)44-31(3)27-36-30-35(23-26-39(36)44)34-15-9-6-10-16-34/h6-30,44-45H,4-5H2,1-3H3. The Morgan fingerprint density at radius 2 is 1.00 bits per heavy atom. The highest BCUT2D eigenvalue weighted by molar-refractivity contribution is 5.83. The molecule has 0 heterocycles. The topological polar surface area (TPSA) is 0 Å². The molecule has 0 heteroatoms. The molecule has 0 saturated heterocycles. The molecule has 0 radical (unpaired) electrons. The molecule has 0 aromatic heterocycles. The molecular weight excluding hydrogens is 553 g/mol. The van der Waals surface area contributed by atoms with Crippen molar-refractivity contribution in [1.29, 1.82) is 0 Å². The zero-order valence-electron chi connectivity index (χ0n) is 27.0. The quantitative estimate of drug-likeness (QED) is 0.173. The molecule has 8 rings (SSSR count). The lowest BCUT2D eigenvalue weighted by Gasteiger charge is -2.47. The predicted octanol–water partition coefficient (Wildman–Crippen LogP) is 11.8. The van der Waals surface area contributed by atoms with E-state index in [-0.39, 0.29) is 17.3 Å². The molecule has 46 heavy (non-hydrogen) atoms. The molecule has 2 aliphatic rings. The highest BCUT2D eigenvalue weighted by atomic mass is 14.6. The lowest BCUT2D eigenvalue weighted by atomic mass is 9.54. The molecule has 0 nitrogen and oxygen atoms in total. The van der Waals surface area contributed by atoms with Crippen LogP contribution in [-0.4, -0.2) is 0 Å². The number of fused-ring (bicyclic) bond motifs is 4. The summed E-state index contributed by atoms with van der Waals surface area (Å²) in [6, 6.07) is 55.3. The Bertz CT molecular complexity index is 1970. The van der Waals surface area contributed by atoms with Crippen LogP contribution in [0.15, 0.2) is 151 Å². The van der Waals surface area contributed by atoms with Crippen molar-refractivity contribution >= 4 is 6.08 Å². The summed E-state index contributed by atoms with van der Waals surface area (Å²) in [6.07, 6.45) is 4.51. The molecule has 2 aliphatic carbocycles. The van der Waals surface area contributed by atoms with Gasteiger partial charge in [-0.25, -0.2) is 0 Å². The van der Waals surface area contributed by atoms with E-state index >= 15 is 0 Å². The molecule has 0 spiro atoms. The molecule has 6 aromatic carbocycles. The van der Waals surface area contributed by atoms with Gasteiger partial charge >= 0.3 is 0 Å². The van der Waals surface area contributed by atoms with Crippen molar-refractivity contribution in [2.75, 3.05) is 0 Å². The van der Waals surface area contributed by atoms with Gasteiger partial charge < -0.3 is 0 Å². The molecule has 224 valence electrons. The van der Waals surface area contributed by atoms with Crippen molar-refractivity contribution in [3.63, 3.8) is 0 Å². The molecule has 0 amide bonds. The maximum atomic E-state index is 2.53. The molecule has 0 bridgehead atoms. The number of aryl methyl sites for hydroxylation is 2. The van der Waals surface area contributed by atoms with E-state index in [4.69, 9.17) is 0 Å². The van der Waals surface area contributed by atoms with Gasteiger partial charge in [0.25, 0.3) is 0 Å². The fourth-order valence-electron chi connectivity index (χ4n) is 8.67. The van der Waals surface area contributed by atoms with Crippen molar-refractivity contribution in [2.24, 2.45) is 0 Å². The second-order valence-corrected chi connectivity index (χ2v) is 13.1. The third kappa shape index (κ3) is 4.35. The van der Waals surface area contributed by atoms with Gasteiger partial charge in [0.15, 0.2) is 0 Å². The fourth-order valence-corrected chi connectivity index (χ4v) is 8.67. The molecular formula is C46H40. The van der Waals surface area contributed by atoms with Crippen molar-refractivity contribution < 1.29 is 0 Å². The van der Waals surface area contributed by atoms with Gasteiger partial charge in [-0.2, -0.15) is 0 Å². The minimum absolute atomic E-state index is 0.133. The summed E-state index contributed by atoms with van der Waals surface area (Å²) >= 11 is 0. The van der Waals surface area contributed by atoms with Crippen molar-refractivity contribution in [2.45, 2.75) is 50.9 Å². The number of hydrogen-bond donors (Lipinski definition) is 0. The van der Waals surface area contributed by atoms with Crippen LogP contribution in [0.3, 0.4) is 0 Å². The minimum Gasteiger partial charge on any atom is -0.0639 e. The average molecular weight is 593 g/mol. The maximum absolute atomic E-state index is 2.53. The van der Waals surface area contributed by atoms with Crippen LogP contribution >= 0.6 is 0 Å². The normalized spacial score (nSPS) is 15.3. The molecule has 1 unspecified atom stereocenters. The lowest BCUT2D eigenvalue weighted by Crippen LogP contribution is -2.41. The molecule has 6 aromatic rings. The second kappa shape index (κ2) is 11.5. The first-order chi connectivity index (χ1) is 22.6. The fraction of sp³-hybridized carbons (Fsp3) is 0.174. The van der Waals surface area contributed by atoms with Gasteiger partial charge in [-0.1, -0.05) is 165 Å². The average Bonchev–Trinajstić information content (AvgIpc) is 3.63. The largest absolute Gasteiger partial charge is 0.0639 e. The molecule has 1 atom stereocenters. The SMILES string of the molecule is CCc1ccc2c(c1)C(C(c1ccccc1)(c1ccccc1)C1C(C)=Cc3cc(-c4ccccc4)ccc31)c1cc(CC)ccc1-2. The molecule has 0 N–H and O–H groups in total. The van der Waals surface area contributed by atoms with E-state index in [0.717, 1.165) is 12.8 Å². The zero-order chi connectivity index (χ0) is 31.3. The van der Waals surface area contributed by atoms with E-state index in [1.165, 1.54) is 72.3 Å². The van der Waals surface area contributed by atoms with E-state index < -0.39 is 0 Å². The first-order valence-corrected chi connectivity index (χ1v) is 16.9. The Morgan fingerprint density at radius 3 is 1.52 bits per heavy atom. The predicted molar refractivity (Wildman–Crippen MR) is 194 cm³/mol. The van der Waals surface area contributed by atoms with Gasteiger partial charge in [0.05, 0.1) is 0 Å². The van der Waals surface area contributed by atoms with Crippen LogP contribution in [-0.2, 0) is 18.3 Å². The van der Waals surface area contributed by atoms with E-state index in [1.54, 1.807) is 0 Å². The van der Waals surface area contributed by atoms with Gasteiger partial charge in [0.1, 0.15) is 0 Å². The Morgan fingerprint density at radius 1 is 0.478 bits per heavy atom. The Balaban J connectivity index is 1.48. The number of rotatable bonds is 7. The molecule has 0 fully saturated rings. The van der Waals surface area contributed by atoms with E-state index in [2.05, 4.69) is 172 Å². The van der Waals surface area contributed by atoms with Crippen LogP contribution in [0.5, 0.6) is 0 Å². The number of benzene rings is 6. The van der Waals surface area contributed by atoms with Crippen molar-refractivity contribution in [1.82, 2.24) is 0 Å². The van der Waals surface area contributed by atoms with Gasteiger partial charge in [-0.3, -0.25) is 0 Å². The monoisotopic (exact) mass is 592 g/mol. The van der Waals surface area contributed by atoms with Crippen LogP contribution < -0.4 is 0 Å². The summed E-state index contributed by atoms with van der Waals surface area (Å²) in [6.45, 7) is 6.93. The first-order valence-electron chi connectivity index (χ1n) is 16.9. The van der Waals surface area contributed by atoms with E-state index in [0.29, 0.717) is 0 Å². The highest BCUT2D eigenvalue weighted by Crippen LogP contribution is 2.64. The van der Waals surface area contributed by atoms with E-state index in [1.807, 2.05) is 0 Å². The summed E-state index contributed by atoms with van der Waals surface area (Å²) in [5, 5.41) is 0. The highest BCUT2D eigenvalue weighted by Gasteiger charge is 2.54. The van der Waals surface area contributed by atoms with Gasteiger partial charge in [-0.05, 0) is 92.6 Å². The van der Waals surface area contributed by atoms with Crippen LogP contribution in [0.1, 0.15) is 77.1 Å². The van der Waals surface area contributed by atoms with Crippen molar-refractivity contribution in [3.8, 4) is 22.3 Å². The van der Waals surface area contributed by atoms with Crippen LogP contribution in [0.4, 0.5) is 0 Å². The Hall–Kier alpha value is -4.94. The zero-order valence-corrected chi connectivity index (χ0v) is 27.0. The lowest BCUT2D eigenvalue weighted by molar-refractivity contribution is 0.405. The van der Waals surface area contributed by atoms with Gasteiger partial charge in [-0.15, -0.1) is 0 Å². The summed E-state index contributed by atoms with van der Waals surface area (Å²) in [5.74, 6) is 0.282. The third-order valence-corrected chi connectivity index (χ3v) is 10.7. The number of hydrogen-bond acceptors (Lipinski definition) is 0. The summed E-state index contributed by atoms with van der Waals surface area (Å²) < 4.78 is 0. The summed E-state index contributed by atoms with van der Waals surface area (Å²) in [7, 11) is 0. The molecule has 0 saturated carbocycles. The maximum Gasteiger partial charge on any atom is 0.0418 e. The van der Waals surface area contributed by atoms with Crippen LogP contribution in [0.2, 0.25) is 0 Å². The second-order valence-electron chi connectivity index (χ2n) is 13.1. The summed E-state index contributed by atoms with van der Waals surface area (Å²) in [5.41, 5.74) is 17.5. The van der Waals surface area contributed by atoms with E-state index in [9.17, 15) is 0 Å². The Kier molecular flexibility index (Phi) is 7.10. The smallest absolute Gasteiger partial charge is 0.0418 e. The van der Waals surface area contributed by atoms with Gasteiger partial charge in [0.2, 0.25) is 0 Å². The summed E-state index contributed by atoms with van der Waals surface area (Å²) in [4.78, 5) is 0. The van der Waals surface area contributed by atoms with Gasteiger partial charge in [0, 0.05) is 17.3 Å². The minimum atomic E-state index is -0.388. The Labute approximate surface area is 274 Å². The van der Waals surface area contributed by atoms with Crippen LogP contribution in [0, 0.1) is 0 Å². The third-order valence-electron chi connectivity index (χ3n) is 10.7.